The molecule has 1 aliphatic rings. The normalized spacial score (nSPS) is 17.2. The van der Waals surface area contributed by atoms with Crippen molar-refractivity contribution in [3.05, 3.63) is 58.0 Å². The van der Waals surface area contributed by atoms with Gasteiger partial charge in [0.25, 0.3) is 0 Å². The fraction of sp³-hybridized carbons (Fsp3) is 0.0714. The molecule has 1 unspecified atom stereocenters. The molecule has 1 aliphatic heterocycles. The maximum Gasteiger partial charge on any atom is 0.334 e. The van der Waals surface area contributed by atoms with Crippen molar-refractivity contribution >= 4 is 29.1 Å². The number of nitrogens with one attached hydrogen (secondary N) is 1. The molecule has 1 aromatic heterocycles. The van der Waals surface area contributed by atoms with E-state index in [2.05, 4.69) is 5.43 Å². The average Bonchev–Trinajstić information content (AvgIpc) is 3.02. The number of carbonyl (C=O) groups is 1. The number of nitrogens with zero attached hydrogens (tertiary/aromatic N) is 1. The van der Waals surface area contributed by atoms with Gasteiger partial charge < -0.3 is 5.73 Å². The largest absolute Gasteiger partial charge is 0.350 e. The van der Waals surface area contributed by atoms with Crippen LogP contribution in [-0.4, -0.2) is 11.0 Å². The van der Waals surface area contributed by atoms with E-state index in [9.17, 15) is 9.18 Å². The number of halogens is 1. The maximum atomic E-state index is 13.2. The molecule has 0 saturated carbocycles. The number of nitrogens with two attached hydrogens (primary N) is 1. The molecule has 2 amide bonds. The fourth-order valence-corrected chi connectivity index (χ4v) is 2.80. The van der Waals surface area contributed by atoms with E-state index in [4.69, 9.17) is 5.73 Å². The maximum absolute atomic E-state index is 13.2. The van der Waals surface area contributed by atoms with Gasteiger partial charge in [0, 0.05) is 10.4 Å². The van der Waals surface area contributed by atoms with Gasteiger partial charge >= 0.3 is 6.03 Å². The summed E-state index contributed by atoms with van der Waals surface area (Å²) in [6.45, 7) is 0. The molecule has 20 heavy (non-hydrogen) atoms. The second-order valence-corrected chi connectivity index (χ2v) is 5.35. The Morgan fingerprint density at radius 3 is 3.00 bits per heavy atom. The first-order valence-corrected chi connectivity index (χ1v) is 6.89. The van der Waals surface area contributed by atoms with E-state index < -0.39 is 6.03 Å². The van der Waals surface area contributed by atoms with Crippen molar-refractivity contribution in [3.63, 3.8) is 0 Å². The second kappa shape index (κ2) is 4.97. The summed E-state index contributed by atoms with van der Waals surface area (Å²) in [5.74, 6) is -0.358. The monoisotopic (exact) mass is 289 g/mol. The molecular weight excluding hydrogens is 277 g/mol. The Morgan fingerprint density at radius 1 is 1.45 bits per heavy atom. The number of benzene rings is 1. The molecule has 3 N–H and O–H groups in total. The Hall–Kier alpha value is -2.34. The van der Waals surface area contributed by atoms with Crippen LogP contribution in [0.1, 0.15) is 16.5 Å². The van der Waals surface area contributed by atoms with E-state index >= 15 is 0 Å². The molecule has 0 fully saturated rings. The third-order valence-electron chi connectivity index (χ3n) is 3.08. The highest BCUT2D eigenvalue weighted by molar-refractivity contribution is 7.10. The first kappa shape index (κ1) is 12.7. The number of thiophene rings is 1. The minimum absolute atomic E-state index is 0.342. The Balaban J connectivity index is 1.96. The molecule has 2 heterocycles. The Morgan fingerprint density at radius 2 is 2.30 bits per heavy atom. The van der Waals surface area contributed by atoms with Gasteiger partial charge in [-0.3, -0.25) is 5.43 Å². The van der Waals surface area contributed by atoms with Crippen LogP contribution in [0.4, 0.5) is 14.9 Å². The van der Waals surface area contributed by atoms with Crippen molar-refractivity contribution in [2.45, 2.75) is 6.04 Å². The number of hydrogen-bond donors (Lipinski definition) is 2. The number of anilines is 1. The number of carbonyl (C=O) groups excluding carboxylic acids is 1. The molecule has 0 saturated heterocycles. The average molecular weight is 289 g/mol. The smallest absolute Gasteiger partial charge is 0.334 e. The molecule has 0 aliphatic carbocycles. The van der Waals surface area contributed by atoms with Crippen LogP contribution in [0.3, 0.4) is 0 Å². The van der Waals surface area contributed by atoms with Crippen LogP contribution in [0.15, 0.2) is 41.8 Å². The lowest BCUT2D eigenvalue weighted by atomic mass is 10.1. The highest BCUT2D eigenvalue weighted by Gasteiger charge is 2.30. The third-order valence-corrected chi connectivity index (χ3v) is 3.91. The van der Waals surface area contributed by atoms with E-state index in [0.717, 1.165) is 10.4 Å². The van der Waals surface area contributed by atoms with Gasteiger partial charge in [0.05, 0.1) is 5.69 Å². The second-order valence-electron chi connectivity index (χ2n) is 4.37. The van der Waals surface area contributed by atoms with Gasteiger partial charge in [-0.15, -0.1) is 11.3 Å². The van der Waals surface area contributed by atoms with Gasteiger partial charge in [0.2, 0.25) is 0 Å². The zero-order valence-electron chi connectivity index (χ0n) is 10.4. The summed E-state index contributed by atoms with van der Waals surface area (Å²) in [4.78, 5) is 12.6. The van der Waals surface area contributed by atoms with Crippen LogP contribution in [0.5, 0.6) is 0 Å². The minimum atomic E-state index is -0.609. The number of fused-ring (bicyclic) bond motifs is 1. The molecule has 1 aromatic carbocycles. The van der Waals surface area contributed by atoms with Gasteiger partial charge in [-0.1, -0.05) is 18.2 Å². The van der Waals surface area contributed by atoms with Crippen LogP contribution in [-0.2, 0) is 0 Å². The quantitative estimate of drug-likeness (QED) is 0.890. The minimum Gasteiger partial charge on any atom is -0.350 e. The Bertz CT molecular complexity index is 669. The standard InChI is InChI=1S/C14H12FN3OS/c15-9-3-5-11-12(8-9)17-18(14(16)19)13(11)6-4-10-2-1-7-20-10/h1-8,13,17H,(H2,16,19). The number of primary amides is 1. The molecule has 1 atom stereocenters. The molecule has 4 nitrogen and oxygen atoms in total. The van der Waals surface area contributed by atoms with Gasteiger partial charge in [0.1, 0.15) is 11.9 Å². The molecule has 102 valence electrons. The summed E-state index contributed by atoms with van der Waals surface area (Å²) in [5.41, 5.74) is 9.56. The van der Waals surface area contributed by atoms with Crippen molar-refractivity contribution in [1.29, 1.82) is 0 Å². The summed E-state index contributed by atoms with van der Waals surface area (Å²) < 4.78 is 13.2. The van der Waals surface area contributed by atoms with Gasteiger partial charge in [-0.2, -0.15) is 0 Å². The van der Waals surface area contributed by atoms with Crippen molar-refractivity contribution in [1.82, 2.24) is 5.01 Å². The molecule has 2 aromatic rings. The lowest BCUT2D eigenvalue weighted by Crippen LogP contribution is -2.38. The highest BCUT2D eigenvalue weighted by atomic mass is 32.1. The summed E-state index contributed by atoms with van der Waals surface area (Å²) in [6.07, 6.45) is 3.79. The summed E-state index contributed by atoms with van der Waals surface area (Å²) in [7, 11) is 0. The van der Waals surface area contributed by atoms with Gasteiger partial charge in [0.15, 0.2) is 0 Å². The van der Waals surface area contributed by atoms with Crippen molar-refractivity contribution in [2.75, 3.05) is 5.43 Å². The number of rotatable bonds is 2. The molecule has 0 bridgehead atoms. The van der Waals surface area contributed by atoms with Crippen LogP contribution >= 0.6 is 11.3 Å². The van der Waals surface area contributed by atoms with Crippen molar-refractivity contribution in [3.8, 4) is 0 Å². The SMILES string of the molecule is NC(=O)N1Nc2cc(F)ccc2C1C=Cc1cccs1. The van der Waals surface area contributed by atoms with Crippen LogP contribution in [0.2, 0.25) is 0 Å². The highest BCUT2D eigenvalue weighted by Crippen LogP contribution is 2.36. The first-order chi connectivity index (χ1) is 9.65. The molecule has 0 spiro atoms. The number of hydrazine groups is 1. The number of amides is 2. The first-order valence-electron chi connectivity index (χ1n) is 6.01. The Labute approximate surface area is 119 Å². The van der Waals surface area contributed by atoms with Crippen LogP contribution in [0.25, 0.3) is 6.08 Å². The lowest BCUT2D eigenvalue weighted by Gasteiger charge is -2.19. The van der Waals surface area contributed by atoms with Gasteiger partial charge in [-0.25, -0.2) is 14.2 Å². The van der Waals surface area contributed by atoms with Crippen molar-refractivity contribution < 1.29 is 9.18 Å². The van der Waals surface area contributed by atoms with E-state index in [1.165, 1.54) is 17.1 Å². The van der Waals surface area contributed by atoms with Crippen LogP contribution in [0, 0.1) is 5.82 Å². The fourth-order valence-electron chi connectivity index (χ4n) is 2.18. The van der Waals surface area contributed by atoms with E-state index in [1.807, 2.05) is 29.7 Å². The van der Waals surface area contributed by atoms with E-state index in [-0.39, 0.29) is 11.9 Å². The third kappa shape index (κ3) is 2.25. The topological polar surface area (TPSA) is 58.4 Å². The zero-order chi connectivity index (χ0) is 14.1. The van der Waals surface area contributed by atoms with Crippen LogP contribution < -0.4 is 11.2 Å². The van der Waals surface area contributed by atoms with E-state index in [0.29, 0.717) is 5.69 Å². The summed E-state index contributed by atoms with van der Waals surface area (Å²) in [6, 6.07) is 7.36. The summed E-state index contributed by atoms with van der Waals surface area (Å²) in [5, 5.41) is 3.26. The number of urea groups is 1. The van der Waals surface area contributed by atoms with E-state index in [1.54, 1.807) is 17.4 Å². The summed E-state index contributed by atoms with van der Waals surface area (Å²) >= 11 is 1.60. The predicted molar refractivity (Wildman–Crippen MR) is 77.5 cm³/mol. The van der Waals surface area contributed by atoms with Crippen molar-refractivity contribution in [2.24, 2.45) is 5.73 Å². The predicted octanol–water partition coefficient (Wildman–Crippen LogP) is 3.36. The lowest BCUT2D eigenvalue weighted by molar-refractivity contribution is 0.213. The Kier molecular flexibility index (Phi) is 3.15. The molecule has 3 rings (SSSR count). The molecule has 6 heteroatoms. The number of hydrogen-bond acceptors (Lipinski definition) is 3. The van der Waals surface area contributed by atoms with Gasteiger partial charge in [-0.05, 0) is 29.7 Å². The zero-order valence-corrected chi connectivity index (χ0v) is 11.2. The molecule has 0 radical (unpaired) electrons. The molecular formula is C14H12FN3OS.